The Morgan fingerprint density at radius 2 is 1.88 bits per heavy atom. The lowest BCUT2D eigenvalue weighted by atomic mass is 10.1. The van der Waals surface area contributed by atoms with E-state index in [1.165, 1.54) is 11.0 Å². The molecule has 1 aliphatic heterocycles. The van der Waals surface area contributed by atoms with Gasteiger partial charge in [0.2, 0.25) is 11.8 Å². The normalized spacial score (nSPS) is 17.0. The predicted molar refractivity (Wildman–Crippen MR) is 96.1 cm³/mol. The molecule has 2 aromatic carbocycles. The first-order chi connectivity index (χ1) is 12.0. The highest BCUT2D eigenvalue weighted by Gasteiger charge is 2.38. The molecule has 1 unspecified atom stereocenters. The van der Waals surface area contributed by atoms with Crippen LogP contribution in [-0.4, -0.2) is 24.9 Å². The number of hydrogen-bond donors (Lipinski definition) is 0. The van der Waals surface area contributed by atoms with E-state index >= 15 is 0 Å². The molecular weight excluding hydrogens is 319 g/mol. The van der Waals surface area contributed by atoms with Crippen molar-refractivity contribution < 1.29 is 14.0 Å². The number of carbonyl (C=O) groups excluding carboxylic acids is 2. The van der Waals surface area contributed by atoms with Gasteiger partial charge in [-0.2, -0.15) is 0 Å². The van der Waals surface area contributed by atoms with Crippen LogP contribution in [0.3, 0.4) is 0 Å². The number of para-hydroxylation sites is 2. The predicted octanol–water partition coefficient (Wildman–Crippen LogP) is 3.54. The van der Waals surface area contributed by atoms with Crippen molar-refractivity contribution in [2.75, 3.05) is 22.9 Å². The van der Waals surface area contributed by atoms with Gasteiger partial charge < -0.3 is 9.80 Å². The monoisotopic (exact) mass is 340 g/mol. The zero-order valence-corrected chi connectivity index (χ0v) is 14.4. The zero-order chi connectivity index (χ0) is 18.0. The Bertz CT molecular complexity index is 806. The third-order valence-electron chi connectivity index (χ3n) is 4.61. The van der Waals surface area contributed by atoms with E-state index in [-0.39, 0.29) is 30.5 Å². The van der Waals surface area contributed by atoms with Crippen LogP contribution in [0.15, 0.2) is 48.5 Å². The maximum absolute atomic E-state index is 14.0. The summed E-state index contributed by atoms with van der Waals surface area (Å²) in [4.78, 5) is 28.4. The Morgan fingerprint density at radius 3 is 2.56 bits per heavy atom. The second-order valence-electron chi connectivity index (χ2n) is 6.23. The first-order valence-electron chi connectivity index (χ1n) is 8.44. The highest BCUT2D eigenvalue weighted by atomic mass is 19.1. The van der Waals surface area contributed by atoms with Gasteiger partial charge in [0.05, 0.1) is 11.6 Å². The van der Waals surface area contributed by atoms with E-state index in [0.29, 0.717) is 6.54 Å². The maximum Gasteiger partial charge on any atom is 0.232 e. The minimum atomic E-state index is -0.466. The van der Waals surface area contributed by atoms with Gasteiger partial charge in [-0.05, 0) is 37.6 Å². The first-order valence-corrected chi connectivity index (χ1v) is 8.44. The van der Waals surface area contributed by atoms with Gasteiger partial charge in [0.15, 0.2) is 0 Å². The fourth-order valence-corrected chi connectivity index (χ4v) is 3.31. The molecule has 0 aliphatic carbocycles. The largest absolute Gasteiger partial charge is 0.312 e. The van der Waals surface area contributed by atoms with E-state index in [4.69, 9.17) is 0 Å². The Labute approximate surface area is 146 Å². The van der Waals surface area contributed by atoms with Crippen LogP contribution in [0.4, 0.5) is 15.8 Å². The maximum atomic E-state index is 14.0. The third kappa shape index (κ3) is 3.27. The van der Waals surface area contributed by atoms with Crippen LogP contribution >= 0.6 is 0 Å². The van der Waals surface area contributed by atoms with Gasteiger partial charge >= 0.3 is 0 Å². The molecule has 3 rings (SSSR count). The topological polar surface area (TPSA) is 40.6 Å². The molecule has 4 nitrogen and oxygen atoms in total. The molecular formula is C20H21FN2O2. The van der Waals surface area contributed by atoms with Crippen LogP contribution in [0.2, 0.25) is 0 Å². The summed E-state index contributed by atoms with van der Waals surface area (Å²) in [5, 5.41) is 0. The standard InChI is InChI=1S/C20H21FN2O2/c1-3-22(17-10-6-4-8-14(17)2)20(25)15-12-19(24)23(13-15)18-11-7-5-9-16(18)21/h4-11,15H,3,12-13H2,1-2H3. The summed E-state index contributed by atoms with van der Waals surface area (Å²) in [6.45, 7) is 4.60. The number of amides is 2. The smallest absolute Gasteiger partial charge is 0.232 e. The number of rotatable bonds is 4. The number of benzene rings is 2. The first kappa shape index (κ1) is 17.1. The number of aryl methyl sites for hydroxylation is 1. The molecule has 1 atom stereocenters. The lowest BCUT2D eigenvalue weighted by Gasteiger charge is -2.26. The Kier molecular flexibility index (Phi) is 4.83. The number of halogens is 1. The Morgan fingerprint density at radius 1 is 1.20 bits per heavy atom. The van der Waals surface area contributed by atoms with E-state index in [1.807, 2.05) is 38.1 Å². The number of nitrogens with zero attached hydrogens (tertiary/aromatic N) is 2. The van der Waals surface area contributed by atoms with Gasteiger partial charge in [-0.1, -0.05) is 30.3 Å². The fourth-order valence-electron chi connectivity index (χ4n) is 3.31. The van der Waals surface area contributed by atoms with E-state index < -0.39 is 11.7 Å². The van der Waals surface area contributed by atoms with E-state index in [1.54, 1.807) is 23.1 Å². The molecule has 1 heterocycles. The van der Waals surface area contributed by atoms with E-state index in [2.05, 4.69) is 0 Å². The van der Waals surface area contributed by atoms with Gasteiger partial charge in [-0.25, -0.2) is 4.39 Å². The fraction of sp³-hybridized carbons (Fsp3) is 0.300. The molecule has 1 saturated heterocycles. The molecule has 25 heavy (non-hydrogen) atoms. The second kappa shape index (κ2) is 7.05. The zero-order valence-electron chi connectivity index (χ0n) is 14.4. The lowest BCUT2D eigenvalue weighted by molar-refractivity contribution is -0.124. The number of anilines is 2. The lowest BCUT2D eigenvalue weighted by Crippen LogP contribution is -2.38. The van der Waals surface area contributed by atoms with Crippen LogP contribution in [-0.2, 0) is 9.59 Å². The van der Waals surface area contributed by atoms with Crippen molar-refractivity contribution in [3.8, 4) is 0 Å². The van der Waals surface area contributed by atoms with Gasteiger partial charge in [0.1, 0.15) is 5.82 Å². The van der Waals surface area contributed by atoms with Crippen LogP contribution in [0.5, 0.6) is 0 Å². The molecule has 0 N–H and O–H groups in total. The highest BCUT2D eigenvalue weighted by Crippen LogP contribution is 2.30. The molecule has 0 radical (unpaired) electrons. The Hall–Kier alpha value is -2.69. The summed E-state index contributed by atoms with van der Waals surface area (Å²) in [5.41, 5.74) is 2.10. The van der Waals surface area contributed by atoms with Crippen molar-refractivity contribution in [2.24, 2.45) is 5.92 Å². The molecule has 1 fully saturated rings. The van der Waals surface area contributed by atoms with Gasteiger partial charge in [-0.3, -0.25) is 9.59 Å². The molecule has 0 spiro atoms. The minimum absolute atomic E-state index is 0.0935. The molecule has 0 bridgehead atoms. The summed E-state index contributed by atoms with van der Waals surface area (Å²) in [6, 6.07) is 13.8. The molecule has 130 valence electrons. The highest BCUT2D eigenvalue weighted by molar-refractivity contribution is 6.04. The van der Waals surface area contributed by atoms with E-state index in [9.17, 15) is 14.0 Å². The summed E-state index contributed by atoms with van der Waals surface area (Å²) < 4.78 is 14.0. The van der Waals surface area contributed by atoms with Crippen LogP contribution in [0.1, 0.15) is 18.9 Å². The molecule has 5 heteroatoms. The molecule has 0 aromatic heterocycles. The molecule has 2 aromatic rings. The van der Waals surface area contributed by atoms with Crippen molar-refractivity contribution in [3.05, 3.63) is 59.9 Å². The second-order valence-corrected chi connectivity index (χ2v) is 6.23. The Balaban J connectivity index is 1.83. The van der Waals surface area contributed by atoms with E-state index in [0.717, 1.165) is 11.3 Å². The average Bonchev–Trinajstić information content (AvgIpc) is 2.99. The van der Waals surface area contributed by atoms with Gasteiger partial charge in [0, 0.05) is 25.2 Å². The van der Waals surface area contributed by atoms with Gasteiger partial charge in [-0.15, -0.1) is 0 Å². The third-order valence-corrected chi connectivity index (χ3v) is 4.61. The van der Waals surface area contributed by atoms with Crippen molar-refractivity contribution in [2.45, 2.75) is 20.3 Å². The van der Waals surface area contributed by atoms with Crippen LogP contribution < -0.4 is 9.80 Å². The van der Waals surface area contributed by atoms with Crippen molar-refractivity contribution in [1.29, 1.82) is 0 Å². The van der Waals surface area contributed by atoms with Crippen molar-refractivity contribution in [3.63, 3.8) is 0 Å². The van der Waals surface area contributed by atoms with Crippen LogP contribution in [0, 0.1) is 18.7 Å². The molecule has 0 saturated carbocycles. The van der Waals surface area contributed by atoms with Crippen molar-refractivity contribution >= 4 is 23.2 Å². The number of hydrogen-bond acceptors (Lipinski definition) is 2. The minimum Gasteiger partial charge on any atom is -0.312 e. The van der Waals surface area contributed by atoms with Crippen LogP contribution in [0.25, 0.3) is 0 Å². The summed E-state index contributed by atoms with van der Waals surface area (Å²) in [6.07, 6.45) is 0.107. The van der Waals surface area contributed by atoms with Crippen molar-refractivity contribution in [1.82, 2.24) is 0 Å². The van der Waals surface area contributed by atoms with Gasteiger partial charge in [0.25, 0.3) is 0 Å². The summed E-state index contributed by atoms with van der Waals surface area (Å²) in [5.74, 6) is -1.23. The number of carbonyl (C=O) groups is 2. The molecule has 2 amide bonds. The quantitative estimate of drug-likeness (QED) is 0.854. The SMILES string of the molecule is CCN(C(=O)C1CC(=O)N(c2ccccc2F)C1)c1ccccc1C. The summed E-state index contributed by atoms with van der Waals surface area (Å²) in [7, 11) is 0. The average molecular weight is 340 g/mol. The summed E-state index contributed by atoms with van der Waals surface area (Å²) >= 11 is 0. The molecule has 1 aliphatic rings.